The van der Waals surface area contributed by atoms with Crippen molar-refractivity contribution in [3.63, 3.8) is 0 Å². The summed E-state index contributed by atoms with van der Waals surface area (Å²) in [5.41, 5.74) is 9.74. The van der Waals surface area contributed by atoms with E-state index in [4.69, 9.17) is 23.8 Å². The van der Waals surface area contributed by atoms with Crippen LogP contribution in [0.3, 0.4) is 0 Å². The third-order valence-electron chi connectivity index (χ3n) is 10.3. The number of rotatable bonds is 7. The lowest BCUT2D eigenvalue weighted by Gasteiger charge is -2.42. The number of carbonyl (C=O) groups is 3. The zero-order valence-electron chi connectivity index (χ0n) is 26.5. The second-order valence-electron chi connectivity index (χ2n) is 13.2. The van der Waals surface area contributed by atoms with Gasteiger partial charge < -0.3 is 30.7 Å². The van der Waals surface area contributed by atoms with Crippen molar-refractivity contribution in [2.24, 2.45) is 5.92 Å². The molecule has 1 aromatic carbocycles. The molecule has 46 heavy (non-hydrogen) atoms. The molecule has 4 aliphatic rings. The van der Waals surface area contributed by atoms with E-state index in [-0.39, 0.29) is 30.3 Å². The van der Waals surface area contributed by atoms with Gasteiger partial charge in [0.05, 0.1) is 28.9 Å². The number of nitrogen functional groups attached to an aromatic ring is 1. The summed E-state index contributed by atoms with van der Waals surface area (Å²) in [6.45, 7) is 7.35. The lowest BCUT2D eigenvalue weighted by Crippen LogP contribution is -2.54. The summed E-state index contributed by atoms with van der Waals surface area (Å²) < 4.78 is 0. The number of nitrogens with zero attached hydrogens (tertiary/aromatic N) is 5. The zero-order chi connectivity index (χ0) is 32.4. The second kappa shape index (κ2) is 14.2. The number of halogens is 1. The SMILES string of the molecule is C#Cc1cc(C[C@@H](CC(=O)N2CCC(N3Cc4cscc4NC3=O)CC2)C(=O)N2CCC(N3CCN(C)CC3)CC2)cc(Cl)c1N. The van der Waals surface area contributed by atoms with Gasteiger partial charge in [0.1, 0.15) is 0 Å². The molecule has 0 spiro atoms. The van der Waals surface area contributed by atoms with Gasteiger partial charge in [-0.15, -0.1) is 17.8 Å². The average molecular weight is 666 g/mol. The minimum atomic E-state index is -0.541. The number of urea groups is 1. The van der Waals surface area contributed by atoms with Crippen LogP contribution < -0.4 is 11.1 Å². The molecule has 12 heteroatoms. The van der Waals surface area contributed by atoms with E-state index in [1.54, 1.807) is 23.5 Å². The van der Waals surface area contributed by atoms with Gasteiger partial charge in [-0.2, -0.15) is 0 Å². The van der Waals surface area contributed by atoms with E-state index in [1.807, 2.05) is 20.1 Å². The highest BCUT2D eigenvalue weighted by molar-refractivity contribution is 7.08. The molecule has 6 rings (SSSR count). The Balaban J connectivity index is 1.10. The normalized spacial score (nSPS) is 21.1. The molecule has 0 unspecified atom stereocenters. The summed E-state index contributed by atoms with van der Waals surface area (Å²) >= 11 is 8.00. The Morgan fingerprint density at radius 3 is 2.39 bits per heavy atom. The fourth-order valence-electron chi connectivity index (χ4n) is 7.40. The zero-order valence-corrected chi connectivity index (χ0v) is 28.1. The second-order valence-corrected chi connectivity index (χ2v) is 14.3. The number of anilines is 2. The van der Waals surface area contributed by atoms with Crippen LogP contribution in [0.2, 0.25) is 5.02 Å². The number of thiophene rings is 1. The number of fused-ring (bicyclic) bond motifs is 1. The Bertz CT molecular complexity index is 1480. The number of benzene rings is 1. The van der Waals surface area contributed by atoms with Gasteiger partial charge in [-0.3, -0.25) is 14.5 Å². The van der Waals surface area contributed by atoms with Crippen molar-refractivity contribution in [1.82, 2.24) is 24.5 Å². The fourth-order valence-corrected chi connectivity index (χ4v) is 8.42. The number of hydrogen-bond donors (Lipinski definition) is 2. The average Bonchev–Trinajstić information content (AvgIpc) is 3.53. The maximum Gasteiger partial charge on any atom is 0.322 e. The van der Waals surface area contributed by atoms with Gasteiger partial charge in [0.15, 0.2) is 0 Å². The Morgan fingerprint density at radius 1 is 1.02 bits per heavy atom. The summed E-state index contributed by atoms with van der Waals surface area (Å²) in [7, 11) is 2.16. The molecule has 3 saturated heterocycles. The van der Waals surface area contributed by atoms with Crippen molar-refractivity contribution >= 4 is 52.2 Å². The first kappa shape index (κ1) is 32.6. The molecule has 2 aromatic rings. The number of amides is 4. The van der Waals surface area contributed by atoms with E-state index in [0.717, 1.165) is 55.8 Å². The molecule has 10 nitrogen and oxygen atoms in total. The maximum absolute atomic E-state index is 14.1. The highest BCUT2D eigenvalue weighted by atomic mass is 35.5. The summed E-state index contributed by atoms with van der Waals surface area (Å²) in [5.74, 6) is 2.02. The smallest absolute Gasteiger partial charge is 0.322 e. The maximum atomic E-state index is 14.1. The number of hydrogen-bond acceptors (Lipinski definition) is 7. The summed E-state index contributed by atoms with van der Waals surface area (Å²) in [5, 5.41) is 7.39. The molecule has 246 valence electrons. The van der Waals surface area contributed by atoms with Crippen LogP contribution in [0, 0.1) is 18.3 Å². The Kier molecular flexibility index (Phi) is 10.1. The summed E-state index contributed by atoms with van der Waals surface area (Å²) in [4.78, 5) is 51.3. The number of carbonyl (C=O) groups excluding carboxylic acids is 3. The van der Waals surface area contributed by atoms with Crippen LogP contribution in [0.1, 0.15) is 48.8 Å². The molecule has 0 radical (unpaired) electrons. The molecule has 4 aliphatic heterocycles. The van der Waals surface area contributed by atoms with Gasteiger partial charge in [0.25, 0.3) is 0 Å². The van der Waals surface area contributed by atoms with Crippen LogP contribution in [0.15, 0.2) is 22.9 Å². The first-order chi connectivity index (χ1) is 22.2. The van der Waals surface area contributed by atoms with E-state index in [0.29, 0.717) is 74.3 Å². The van der Waals surface area contributed by atoms with Crippen LogP contribution in [0.25, 0.3) is 0 Å². The van der Waals surface area contributed by atoms with Gasteiger partial charge >= 0.3 is 6.03 Å². The van der Waals surface area contributed by atoms with Crippen molar-refractivity contribution in [2.75, 3.05) is 70.5 Å². The predicted molar refractivity (Wildman–Crippen MR) is 183 cm³/mol. The largest absolute Gasteiger partial charge is 0.397 e. The van der Waals surface area contributed by atoms with Gasteiger partial charge in [0, 0.05) is 87.4 Å². The van der Waals surface area contributed by atoms with Crippen LogP contribution in [-0.4, -0.2) is 114 Å². The van der Waals surface area contributed by atoms with Gasteiger partial charge in [0.2, 0.25) is 11.8 Å². The first-order valence-electron chi connectivity index (χ1n) is 16.4. The van der Waals surface area contributed by atoms with Gasteiger partial charge in [-0.05, 0) is 62.2 Å². The number of nitrogens with two attached hydrogens (primary N) is 1. The molecular formula is C34H44ClN7O3S. The Labute approximate surface area is 280 Å². The van der Waals surface area contributed by atoms with E-state index in [9.17, 15) is 14.4 Å². The topological polar surface area (TPSA) is 105 Å². The number of likely N-dealkylation sites (N-methyl/N-ethyl adjacent to an activating group) is 1. The first-order valence-corrected chi connectivity index (χ1v) is 17.7. The van der Waals surface area contributed by atoms with E-state index >= 15 is 0 Å². The van der Waals surface area contributed by atoms with Crippen molar-refractivity contribution < 1.29 is 14.4 Å². The third-order valence-corrected chi connectivity index (χ3v) is 11.4. The molecule has 5 heterocycles. The number of piperazine rings is 1. The lowest BCUT2D eigenvalue weighted by molar-refractivity contribution is -0.143. The van der Waals surface area contributed by atoms with E-state index in [1.165, 1.54) is 0 Å². The van der Waals surface area contributed by atoms with Crippen molar-refractivity contribution in [3.8, 4) is 12.3 Å². The fraction of sp³-hybridized carbons (Fsp3) is 0.559. The van der Waals surface area contributed by atoms with Crippen LogP contribution in [0.4, 0.5) is 16.2 Å². The van der Waals surface area contributed by atoms with Crippen LogP contribution in [-0.2, 0) is 22.6 Å². The molecular weight excluding hydrogens is 622 g/mol. The minimum Gasteiger partial charge on any atom is -0.397 e. The van der Waals surface area contributed by atoms with E-state index < -0.39 is 5.92 Å². The lowest BCUT2D eigenvalue weighted by atomic mass is 9.91. The molecule has 1 aromatic heterocycles. The predicted octanol–water partition coefficient (Wildman–Crippen LogP) is 3.79. The number of piperidine rings is 2. The minimum absolute atomic E-state index is 0.00632. The van der Waals surface area contributed by atoms with Crippen LogP contribution in [0.5, 0.6) is 0 Å². The summed E-state index contributed by atoms with van der Waals surface area (Å²) in [6.07, 6.45) is 9.44. The number of nitrogens with one attached hydrogen (secondary N) is 1. The molecule has 3 N–H and O–H groups in total. The van der Waals surface area contributed by atoms with Gasteiger partial charge in [-0.1, -0.05) is 17.5 Å². The van der Waals surface area contributed by atoms with Crippen molar-refractivity contribution in [3.05, 3.63) is 44.6 Å². The highest BCUT2D eigenvalue weighted by Gasteiger charge is 2.36. The Morgan fingerprint density at radius 2 is 1.70 bits per heavy atom. The third kappa shape index (κ3) is 7.15. The molecule has 0 saturated carbocycles. The summed E-state index contributed by atoms with van der Waals surface area (Å²) in [6, 6.07) is 4.04. The van der Waals surface area contributed by atoms with Crippen molar-refractivity contribution in [1.29, 1.82) is 0 Å². The standard InChI is InChI=1S/C34H44ClN7O3S/c1-3-24-16-23(18-29(35)32(24)36)17-25(33(44)41-10-4-27(5-11-41)39-14-12-38(2)13-15-39)19-31(43)40-8-6-28(7-9-40)42-20-26-21-46-22-30(26)37-34(42)45/h1,16,18,21-22,25,27-28H,4-15,17,19-20,36H2,2H3,(H,37,45)/t25-/m0/s1. The van der Waals surface area contributed by atoms with Crippen molar-refractivity contribution in [2.45, 2.75) is 57.2 Å². The quantitative estimate of drug-likeness (QED) is 0.345. The Hall–Kier alpha value is -3.30. The molecule has 3 fully saturated rings. The monoisotopic (exact) mass is 665 g/mol. The van der Waals surface area contributed by atoms with Gasteiger partial charge in [-0.25, -0.2) is 4.79 Å². The molecule has 0 bridgehead atoms. The number of terminal acetylenes is 1. The number of likely N-dealkylation sites (tertiary alicyclic amines) is 2. The highest BCUT2D eigenvalue weighted by Crippen LogP contribution is 2.32. The van der Waals surface area contributed by atoms with Crippen LogP contribution >= 0.6 is 22.9 Å². The molecule has 0 aliphatic carbocycles. The molecule has 4 amide bonds. The van der Waals surface area contributed by atoms with E-state index in [2.05, 4.69) is 33.5 Å². The molecule has 1 atom stereocenters.